The van der Waals surface area contributed by atoms with Gasteiger partial charge in [-0.05, 0) is 67.8 Å². The van der Waals surface area contributed by atoms with Crippen LogP contribution in [0.5, 0.6) is 0 Å². The number of carbonyl (C=O) groups is 2. The molecule has 0 bridgehead atoms. The molecule has 3 aromatic rings. The lowest BCUT2D eigenvalue weighted by Crippen LogP contribution is -2.32. The molecule has 3 aromatic carbocycles. The van der Waals surface area contributed by atoms with E-state index in [4.69, 9.17) is 0 Å². The predicted molar refractivity (Wildman–Crippen MR) is 120 cm³/mol. The Morgan fingerprint density at radius 1 is 0.862 bits per heavy atom. The molecule has 0 unspecified atom stereocenters. The van der Waals surface area contributed by atoms with Crippen molar-refractivity contribution in [3.05, 3.63) is 100 Å². The maximum atomic E-state index is 12.5. The van der Waals surface area contributed by atoms with Crippen molar-refractivity contribution >= 4 is 33.4 Å². The van der Waals surface area contributed by atoms with Crippen LogP contribution in [0.4, 0.5) is 5.69 Å². The van der Waals surface area contributed by atoms with Crippen molar-refractivity contribution in [2.75, 3.05) is 5.32 Å². The molecular formula is C24H23BrN2O2. The van der Waals surface area contributed by atoms with E-state index in [9.17, 15) is 9.59 Å². The van der Waals surface area contributed by atoms with Crippen molar-refractivity contribution in [2.45, 2.75) is 25.8 Å². The van der Waals surface area contributed by atoms with Crippen molar-refractivity contribution in [1.82, 2.24) is 5.32 Å². The van der Waals surface area contributed by atoms with E-state index in [0.29, 0.717) is 16.8 Å². The van der Waals surface area contributed by atoms with Crippen LogP contribution in [-0.2, 0) is 6.42 Å². The highest BCUT2D eigenvalue weighted by Crippen LogP contribution is 2.15. The number of hydrogen-bond acceptors (Lipinski definition) is 2. The third-order valence-electron chi connectivity index (χ3n) is 4.58. The lowest BCUT2D eigenvalue weighted by atomic mass is 10.1. The molecule has 4 nitrogen and oxygen atoms in total. The van der Waals surface area contributed by atoms with Gasteiger partial charge in [-0.15, -0.1) is 0 Å². The number of carbonyl (C=O) groups excluding carboxylic acids is 2. The lowest BCUT2D eigenvalue weighted by Gasteiger charge is -2.14. The highest BCUT2D eigenvalue weighted by atomic mass is 79.9. The summed E-state index contributed by atoms with van der Waals surface area (Å²) in [7, 11) is 0. The standard InChI is InChI=1S/C24H23BrN2O2/c1-17(10-11-18-6-3-2-4-7-18)26-23(28)19-12-14-22(15-13-19)27-24(29)20-8-5-9-21(25)16-20/h2-9,12-17H,10-11H2,1H3,(H,26,28)(H,27,29)/t17-/m0/s1. The predicted octanol–water partition coefficient (Wildman–Crippen LogP) is 5.45. The van der Waals surface area contributed by atoms with Gasteiger partial charge in [-0.1, -0.05) is 52.3 Å². The largest absolute Gasteiger partial charge is 0.350 e. The molecule has 29 heavy (non-hydrogen) atoms. The van der Waals surface area contributed by atoms with E-state index >= 15 is 0 Å². The monoisotopic (exact) mass is 450 g/mol. The Hall–Kier alpha value is -2.92. The molecular weight excluding hydrogens is 428 g/mol. The second kappa shape index (κ2) is 10.0. The van der Waals surface area contributed by atoms with Gasteiger partial charge in [-0.2, -0.15) is 0 Å². The molecule has 0 radical (unpaired) electrons. The number of amides is 2. The molecule has 0 aliphatic heterocycles. The average molecular weight is 451 g/mol. The summed E-state index contributed by atoms with van der Waals surface area (Å²) in [6.07, 6.45) is 1.79. The SMILES string of the molecule is C[C@@H](CCc1ccccc1)NC(=O)c1ccc(NC(=O)c2cccc(Br)c2)cc1. The van der Waals surface area contributed by atoms with Gasteiger partial charge in [0.2, 0.25) is 0 Å². The first-order valence-corrected chi connectivity index (χ1v) is 10.3. The van der Waals surface area contributed by atoms with Gasteiger partial charge in [-0.25, -0.2) is 0 Å². The van der Waals surface area contributed by atoms with Crippen LogP contribution in [0.15, 0.2) is 83.3 Å². The number of benzene rings is 3. The first-order valence-electron chi connectivity index (χ1n) is 9.53. The normalized spacial score (nSPS) is 11.5. The van der Waals surface area contributed by atoms with Gasteiger partial charge in [0.15, 0.2) is 0 Å². The third-order valence-corrected chi connectivity index (χ3v) is 5.07. The summed E-state index contributed by atoms with van der Waals surface area (Å²) in [5, 5.41) is 5.87. The molecule has 1 atom stereocenters. The van der Waals surface area contributed by atoms with Crippen molar-refractivity contribution in [3.8, 4) is 0 Å². The van der Waals surface area contributed by atoms with Crippen LogP contribution < -0.4 is 10.6 Å². The van der Waals surface area contributed by atoms with Crippen LogP contribution in [0.3, 0.4) is 0 Å². The molecule has 0 saturated carbocycles. The number of rotatable bonds is 7. The summed E-state index contributed by atoms with van der Waals surface area (Å²) in [5.74, 6) is -0.312. The zero-order valence-electron chi connectivity index (χ0n) is 16.2. The first kappa shape index (κ1) is 20.8. The highest BCUT2D eigenvalue weighted by Gasteiger charge is 2.11. The summed E-state index contributed by atoms with van der Waals surface area (Å²) in [4.78, 5) is 24.8. The Morgan fingerprint density at radius 2 is 1.59 bits per heavy atom. The zero-order chi connectivity index (χ0) is 20.6. The number of anilines is 1. The van der Waals surface area contributed by atoms with Gasteiger partial charge in [0.05, 0.1) is 0 Å². The van der Waals surface area contributed by atoms with Crippen LogP contribution in [0, 0.1) is 0 Å². The first-order chi connectivity index (χ1) is 14.0. The summed E-state index contributed by atoms with van der Waals surface area (Å²) < 4.78 is 0.846. The van der Waals surface area contributed by atoms with Crippen molar-refractivity contribution in [2.24, 2.45) is 0 Å². The Labute approximate surface area is 179 Å². The fraction of sp³-hybridized carbons (Fsp3) is 0.167. The van der Waals surface area contributed by atoms with E-state index in [1.165, 1.54) is 5.56 Å². The Bertz CT molecular complexity index is 972. The van der Waals surface area contributed by atoms with Crippen LogP contribution >= 0.6 is 15.9 Å². The summed E-state index contributed by atoms with van der Waals surface area (Å²) in [5.41, 5.74) is 3.04. The fourth-order valence-electron chi connectivity index (χ4n) is 2.95. The van der Waals surface area contributed by atoms with Gasteiger partial charge in [0, 0.05) is 27.3 Å². The number of halogens is 1. The molecule has 3 rings (SSSR count). The molecule has 5 heteroatoms. The smallest absolute Gasteiger partial charge is 0.255 e. The van der Waals surface area contributed by atoms with Crippen LogP contribution in [0.25, 0.3) is 0 Å². The Kier molecular flexibility index (Phi) is 7.19. The topological polar surface area (TPSA) is 58.2 Å². The second-order valence-electron chi connectivity index (χ2n) is 6.94. The van der Waals surface area contributed by atoms with Crippen LogP contribution in [0.2, 0.25) is 0 Å². The molecule has 0 spiro atoms. The minimum Gasteiger partial charge on any atom is -0.350 e. The van der Waals surface area contributed by atoms with E-state index in [2.05, 4.69) is 38.7 Å². The fourth-order valence-corrected chi connectivity index (χ4v) is 3.34. The van der Waals surface area contributed by atoms with Crippen molar-refractivity contribution in [1.29, 1.82) is 0 Å². The second-order valence-corrected chi connectivity index (χ2v) is 7.86. The number of hydrogen-bond donors (Lipinski definition) is 2. The van der Waals surface area contributed by atoms with Gasteiger partial charge in [-0.3, -0.25) is 9.59 Å². The Morgan fingerprint density at radius 3 is 2.28 bits per heavy atom. The molecule has 0 saturated heterocycles. The zero-order valence-corrected chi connectivity index (χ0v) is 17.8. The van der Waals surface area contributed by atoms with E-state index in [0.717, 1.165) is 17.3 Å². The number of aryl methyl sites for hydroxylation is 1. The summed E-state index contributed by atoms with van der Waals surface area (Å²) in [6, 6.07) is 24.4. The maximum Gasteiger partial charge on any atom is 0.255 e. The quantitative estimate of drug-likeness (QED) is 0.502. The summed E-state index contributed by atoms with van der Waals surface area (Å²) >= 11 is 3.36. The molecule has 148 valence electrons. The molecule has 2 N–H and O–H groups in total. The van der Waals surface area contributed by atoms with E-state index < -0.39 is 0 Å². The minimum absolute atomic E-state index is 0.0682. The minimum atomic E-state index is -0.196. The molecule has 2 amide bonds. The van der Waals surface area contributed by atoms with Gasteiger partial charge in [0.25, 0.3) is 11.8 Å². The molecule has 0 aromatic heterocycles. The number of nitrogens with one attached hydrogen (secondary N) is 2. The van der Waals surface area contributed by atoms with E-state index in [-0.39, 0.29) is 17.9 Å². The van der Waals surface area contributed by atoms with Gasteiger partial charge >= 0.3 is 0 Å². The van der Waals surface area contributed by atoms with Crippen LogP contribution in [-0.4, -0.2) is 17.9 Å². The van der Waals surface area contributed by atoms with E-state index in [1.807, 2.05) is 37.3 Å². The molecule has 0 fully saturated rings. The maximum absolute atomic E-state index is 12.5. The molecule has 0 aliphatic rings. The van der Waals surface area contributed by atoms with Gasteiger partial charge in [0.1, 0.15) is 0 Å². The van der Waals surface area contributed by atoms with E-state index in [1.54, 1.807) is 36.4 Å². The van der Waals surface area contributed by atoms with Crippen molar-refractivity contribution in [3.63, 3.8) is 0 Å². The average Bonchev–Trinajstić information content (AvgIpc) is 2.73. The third kappa shape index (κ3) is 6.29. The lowest BCUT2D eigenvalue weighted by molar-refractivity contribution is 0.0938. The molecule has 0 aliphatic carbocycles. The summed E-state index contributed by atoms with van der Waals surface area (Å²) in [6.45, 7) is 2.01. The molecule has 0 heterocycles. The van der Waals surface area contributed by atoms with Crippen molar-refractivity contribution < 1.29 is 9.59 Å². The van der Waals surface area contributed by atoms with Gasteiger partial charge < -0.3 is 10.6 Å². The highest BCUT2D eigenvalue weighted by molar-refractivity contribution is 9.10. The Balaban J connectivity index is 1.52. The van der Waals surface area contributed by atoms with Crippen LogP contribution in [0.1, 0.15) is 39.6 Å².